The molecule has 5 nitrogen and oxygen atoms in total. The van der Waals surface area contributed by atoms with Gasteiger partial charge in [0.05, 0.1) is 13.2 Å². The maximum absolute atomic E-state index is 15.6. The van der Waals surface area contributed by atoms with E-state index in [2.05, 4.69) is 45.4 Å². The lowest BCUT2D eigenvalue weighted by Gasteiger charge is -2.22. The fourth-order valence-corrected chi connectivity index (χ4v) is 5.60. The van der Waals surface area contributed by atoms with Gasteiger partial charge in [0.1, 0.15) is 6.61 Å². The van der Waals surface area contributed by atoms with Crippen LogP contribution in [0.5, 0.6) is 17.2 Å². The van der Waals surface area contributed by atoms with Gasteiger partial charge in [0.25, 0.3) is 0 Å². The van der Waals surface area contributed by atoms with Gasteiger partial charge in [-0.3, -0.25) is 0 Å². The summed E-state index contributed by atoms with van der Waals surface area (Å²) in [5.41, 5.74) is 2.24. The summed E-state index contributed by atoms with van der Waals surface area (Å²) in [6.45, 7) is 18.9. The van der Waals surface area contributed by atoms with Gasteiger partial charge in [0.2, 0.25) is 11.6 Å². The van der Waals surface area contributed by atoms with Gasteiger partial charge in [-0.25, -0.2) is 8.42 Å². The lowest BCUT2D eigenvalue weighted by molar-refractivity contribution is 0.254. The van der Waals surface area contributed by atoms with Crippen LogP contribution in [0.2, 0.25) is 51.4 Å². The minimum absolute atomic E-state index is 0.0740. The molecule has 1 rings (SSSR count). The second kappa shape index (κ2) is 13.9. The van der Waals surface area contributed by atoms with Crippen LogP contribution in [0.1, 0.15) is 33.6 Å². The third kappa shape index (κ3) is 12.2. The van der Waals surface area contributed by atoms with E-state index in [-0.39, 0.29) is 19.8 Å². The molecule has 0 N–H and O–H groups in total. The second-order valence-corrected chi connectivity index (χ2v) is 25.4. The summed E-state index contributed by atoms with van der Waals surface area (Å²) in [7, 11) is -7.22. The third-order valence-corrected chi connectivity index (χ3v) is 10.0. The van der Waals surface area contributed by atoms with Crippen molar-refractivity contribution in [3.8, 4) is 17.2 Å². The van der Waals surface area contributed by atoms with Crippen LogP contribution in [0.3, 0.4) is 0 Å². The van der Waals surface area contributed by atoms with Gasteiger partial charge >= 0.3 is 0 Å². The topological polar surface area (TPSA) is 61.8 Å². The largest absolute Gasteiger partial charge is 0.489 e. The summed E-state index contributed by atoms with van der Waals surface area (Å²) < 4.78 is 73.6. The van der Waals surface area contributed by atoms with Crippen molar-refractivity contribution in [3.63, 3.8) is 0 Å². The van der Waals surface area contributed by atoms with Gasteiger partial charge in [-0.15, -0.1) is 0 Å². The number of sulfone groups is 1. The van der Waals surface area contributed by atoms with Crippen LogP contribution in [0.25, 0.3) is 0 Å². The van der Waals surface area contributed by atoms with E-state index in [1.165, 1.54) is 5.57 Å². The number of halogens is 2. The molecule has 1 aromatic rings. The smallest absolute Gasteiger partial charge is 0.211 e. The van der Waals surface area contributed by atoms with Gasteiger partial charge in [-0.2, -0.15) is 8.78 Å². The number of hydrogen-bond donors (Lipinski definition) is 0. The monoisotopic (exact) mass is 576 g/mol. The highest BCUT2D eigenvalue weighted by Crippen LogP contribution is 2.44. The zero-order valence-electron chi connectivity index (χ0n) is 24.3. The molecule has 0 saturated carbocycles. The Bertz CT molecular complexity index is 1030. The van der Waals surface area contributed by atoms with Crippen molar-refractivity contribution in [2.24, 2.45) is 0 Å². The van der Waals surface area contributed by atoms with Crippen molar-refractivity contribution in [2.45, 2.75) is 89.9 Å². The summed E-state index contributed by atoms with van der Waals surface area (Å²) in [4.78, 5) is -0.602. The average Bonchev–Trinajstić information content (AvgIpc) is 2.70. The predicted molar refractivity (Wildman–Crippen MR) is 155 cm³/mol. The van der Waals surface area contributed by atoms with E-state index in [9.17, 15) is 8.42 Å². The van der Waals surface area contributed by atoms with Crippen molar-refractivity contribution in [1.29, 1.82) is 0 Å². The van der Waals surface area contributed by atoms with Gasteiger partial charge in [0, 0.05) is 22.4 Å². The van der Waals surface area contributed by atoms with Crippen LogP contribution >= 0.6 is 0 Å². The molecular weight excluding hydrogens is 531 g/mol. The molecule has 0 unspecified atom stereocenters. The van der Waals surface area contributed by atoms with E-state index in [0.717, 1.165) is 24.7 Å². The van der Waals surface area contributed by atoms with Crippen LogP contribution in [-0.4, -0.2) is 50.6 Å². The average molecular weight is 577 g/mol. The summed E-state index contributed by atoms with van der Waals surface area (Å²) in [6.07, 6.45) is 6.44. The molecule has 1 aromatic carbocycles. The third-order valence-electron chi connectivity index (χ3n) is 5.53. The Kier molecular flexibility index (Phi) is 12.6. The van der Waals surface area contributed by atoms with Gasteiger partial charge in [-0.1, -0.05) is 56.5 Å². The van der Waals surface area contributed by atoms with Gasteiger partial charge < -0.3 is 14.2 Å². The summed E-state index contributed by atoms with van der Waals surface area (Å²) in [5, 5.41) is 0. The Morgan fingerprint density at radius 3 is 1.62 bits per heavy atom. The number of benzene rings is 1. The van der Waals surface area contributed by atoms with Gasteiger partial charge in [0.15, 0.2) is 32.0 Å². The van der Waals surface area contributed by atoms with Crippen molar-refractivity contribution in [1.82, 2.24) is 0 Å². The lowest BCUT2D eigenvalue weighted by atomic mass is 10.1. The molecule has 0 saturated heterocycles. The maximum atomic E-state index is 15.6. The Labute approximate surface area is 225 Å². The number of rotatable bonds is 15. The van der Waals surface area contributed by atoms with E-state index in [4.69, 9.17) is 14.2 Å². The first-order valence-corrected chi connectivity index (χ1v) is 22.1. The first kappa shape index (κ1) is 33.4. The van der Waals surface area contributed by atoms with Crippen molar-refractivity contribution in [3.05, 3.63) is 34.9 Å². The first-order chi connectivity index (χ1) is 16.8. The molecule has 0 aliphatic rings. The fourth-order valence-electron chi connectivity index (χ4n) is 3.20. The molecule has 0 spiro atoms. The Morgan fingerprint density at radius 2 is 1.24 bits per heavy atom. The van der Waals surface area contributed by atoms with Crippen LogP contribution in [-0.2, 0) is 9.84 Å². The molecule has 0 aromatic heterocycles. The molecule has 10 heteroatoms. The second-order valence-electron chi connectivity index (χ2n) is 12.2. The molecule has 212 valence electrons. The molecule has 0 radical (unpaired) electrons. The molecule has 0 aliphatic heterocycles. The molecule has 0 bridgehead atoms. The van der Waals surface area contributed by atoms with Crippen LogP contribution in [0.15, 0.2) is 28.2 Å². The van der Waals surface area contributed by atoms with Gasteiger partial charge in [-0.05, 0) is 51.8 Å². The lowest BCUT2D eigenvalue weighted by Crippen LogP contribution is -2.24. The minimum Gasteiger partial charge on any atom is -0.489 e. The Hall–Kier alpha value is -1.66. The molecular formula is C27H46F2O5SSi2. The summed E-state index contributed by atoms with van der Waals surface area (Å²) in [5.74, 6) is -4.09. The fraction of sp³-hybridized carbons (Fsp3) is 0.630. The normalized spacial score (nSPS) is 12.9. The zero-order chi connectivity index (χ0) is 28.6. The highest BCUT2D eigenvalue weighted by atomic mass is 32.2. The van der Waals surface area contributed by atoms with E-state index in [1.54, 1.807) is 6.08 Å². The number of ether oxygens (including phenoxy) is 3. The van der Waals surface area contributed by atoms with E-state index in [0.29, 0.717) is 12.1 Å². The van der Waals surface area contributed by atoms with Crippen molar-refractivity contribution in [2.75, 3.05) is 26.1 Å². The van der Waals surface area contributed by atoms with Crippen LogP contribution < -0.4 is 14.2 Å². The molecule has 0 fully saturated rings. The SMILES string of the molecule is CC(C)=CCC/C(C)=C/COc1c(F)c(OCC[Si](C)(C)C)c(S(C)(=O)=O)c(OCC[Si](C)(C)C)c1F. The maximum Gasteiger partial charge on any atom is 0.211 e. The van der Waals surface area contributed by atoms with E-state index in [1.807, 2.05) is 20.8 Å². The highest BCUT2D eigenvalue weighted by molar-refractivity contribution is 7.91. The quantitative estimate of drug-likeness (QED) is 0.157. The molecule has 0 amide bonds. The first-order valence-electron chi connectivity index (χ1n) is 12.8. The van der Waals surface area contributed by atoms with Crippen LogP contribution in [0.4, 0.5) is 8.78 Å². The number of hydrogen-bond acceptors (Lipinski definition) is 5. The van der Waals surface area contributed by atoms with Crippen molar-refractivity contribution < 1.29 is 31.4 Å². The standard InChI is InChI=1S/C27H46F2O5SSi2/c1-20(2)12-11-13-21(3)14-15-32-24-22(28)25(33-16-18-36(5,6)7)27(35(4,30)31)26(23(24)29)34-17-19-37(8,9)10/h12,14H,11,13,15-19H2,1-10H3/b21-14+. The molecule has 0 aliphatic carbocycles. The van der Waals surface area contributed by atoms with E-state index < -0.39 is 59.8 Å². The van der Waals surface area contributed by atoms with Crippen molar-refractivity contribution >= 4 is 26.0 Å². The molecule has 0 heterocycles. The Morgan fingerprint density at radius 1 is 0.784 bits per heavy atom. The molecule has 0 atom stereocenters. The minimum atomic E-state index is -4.09. The van der Waals surface area contributed by atoms with E-state index >= 15 is 8.78 Å². The highest BCUT2D eigenvalue weighted by Gasteiger charge is 2.34. The summed E-state index contributed by atoms with van der Waals surface area (Å²) in [6, 6.07) is 1.34. The zero-order valence-corrected chi connectivity index (χ0v) is 27.1. The van der Waals surface area contributed by atoms with Crippen LogP contribution in [0, 0.1) is 11.6 Å². The number of allylic oxidation sites excluding steroid dienone is 3. The summed E-state index contributed by atoms with van der Waals surface area (Å²) >= 11 is 0. The molecule has 37 heavy (non-hydrogen) atoms. The predicted octanol–water partition coefficient (Wildman–Crippen LogP) is 7.87. The Balaban J connectivity index is 3.47.